The molecule has 4 N–H and O–H groups in total. The van der Waals surface area contributed by atoms with E-state index in [1.165, 1.54) is 0 Å². The van der Waals surface area contributed by atoms with Gasteiger partial charge in [0.15, 0.2) is 0 Å². The minimum Gasteiger partial charge on any atom is -0.368 e. The van der Waals surface area contributed by atoms with Gasteiger partial charge < -0.3 is 16.0 Å². The Kier molecular flexibility index (Phi) is 4.74. The molecule has 0 aliphatic heterocycles. The van der Waals surface area contributed by atoms with Crippen molar-refractivity contribution in [3.05, 3.63) is 48.3 Å². The van der Waals surface area contributed by atoms with E-state index in [2.05, 4.69) is 20.3 Å². The number of aromatic amines is 1. The molecule has 1 unspecified atom stereocenters. The molecule has 3 aromatic rings. The summed E-state index contributed by atoms with van der Waals surface area (Å²) in [4.78, 5) is 35.5. The Morgan fingerprint density at radius 1 is 1.24 bits per heavy atom. The molecule has 0 saturated carbocycles. The molecule has 2 amide bonds. The van der Waals surface area contributed by atoms with Crippen LogP contribution in [0.3, 0.4) is 0 Å². The number of benzene rings is 1. The summed E-state index contributed by atoms with van der Waals surface area (Å²) < 4.78 is 0. The zero-order valence-corrected chi connectivity index (χ0v) is 13.8. The van der Waals surface area contributed by atoms with Gasteiger partial charge in [0.05, 0.1) is 11.0 Å². The topological polar surface area (TPSA) is 114 Å². The lowest BCUT2D eigenvalue weighted by atomic mass is 10.1. The molecule has 0 fully saturated rings. The molecule has 0 aliphatic rings. The summed E-state index contributed by atoms with van der Waals surface area (Å²) in [5, 5.41) is 2.68. The lowest BCUT2D eigenvalue weighted by Crippen LogP contribution is -2.44. The molecule has 0 radical (unpaired) electrons. The first-order valence-corrected chi connectivity index (χ1v) is 8.09. The quantitative estimate of drug-likeness (QED) is 0.638. The normalized spacial score (nSPS) is 12.0. The number of aromatic nitrogens is 3. The van der Waals surface area contributed by atoms with Crippen LogP contribution in [-0.2, 0) is 4.79 Å². The van der Waals surface area contributed by atoms with E-state index >= 15 is 0 Å². The van der Waals surface area contributed by atoms with Crippen molar-refractivity contribution in [3.63, 3.8) is 0 Å². The van der Waals surface area contributed by atoms with E-state index in [0.29, 0.717) is 17.8 Å². The number of nitrogens with one attached hydrogen (secondary N) is 2. The predicted molar refractivity (Wildman–Crippen MR) is 94.7 cm³/mol. The zero-order chi connectivity index (χ0) is 17.8. The van der Waals surface area contributed by atoms with Gasteiger partial charge in [-0.1, -0.05) is 13.3 Å². The lowest BCUT2D eigenvalue weighted by Gasteiger charge is -2.14. The van der Waals surface area contributed by atoms with Crippen molar-refractivity contribution in [2.45, 2.75) is 25.8 Å². The molecule has 2 aromatic heterocycles. The number of hydrogen-bond donors (Lipinski definition) is 3. The third kappa shape index (κ3) is 3.65. The van der Waals surface area contributed by atoms with Gasteiger partial charge in [0, 0.05) is 23.5 Å². The number of rotatable bonds is 6. The molecule has 1 atom stereocenters. The van der Waals surface area contributed by atoms with Gasteiger partial charge >= 0.3 is 0 Å². The minimum atomic E-state index is -0.664. The number of nitrogens with zero attached hydrogens (tertiary/aromatic N) is 2. The Labute approximate surface area is 144 Å². The van der Waals surface area contributed by atoms with Gasteiger partial charge in [0.1, 0.15) is 11.9 Å². The van der Waals surface area contributed by atoms with Crippen molar-refractivity contribution in [2.75, 3.05) is 0 Å². The molecule has 3 rings (SSSR count). The van der Waals surface area contributed by atoms with Crippen LogP contribution in [0.25, 0.3) is 22.4 Å². The number of hydrogen-bond acceptors (Lipinski definition) is 4. The van der Waals surface area contributed by atoms with Crippen LogP contribution in [0.15, 0.2) is 42.7 Å². The highest BCUT2D eigenvalue weighted by atomic mass is 16.2. The summed E-state index contributed by atoms with van der Waals surface area (Å²) >= 11 is 0. The molecule has 0 spiro atoms. The summed E-state index contributed by atoms with van der Waals surface area (Å²) in [5.41, 5.74) is 8.18. The fourth-order valence-corrected chi connectivity index (χ4v) is 2.61. The van der Waals surface area contributed by atoms with Crippen molar-refractivity contribution in [1.82, 2.24) is 20.3 Å². The SMILES string of the molecule is CCCC(NC(=O)c1ccc2nc(-c3ccncc3)[nH]c2c1)C(N)=O. The summed E-state index contributed by atoms with van der Waals surface area (Å²) in [6.07, 6.45) is 4.65. The number of fused-ring (bicyclic) bond motifs is 1. The van der Waals surface area contributed by atoms with Gasteiger partial charge in [-0.25, -0.2) is 4.98 Å². The number of carbonyl (C=O) groups is 2. The summed E-state index contributed by atoms with van der Waals surface area (Å²) in [6, 6.07) is 8.21. The molecule has 128 valence electrons. The van der Waals surface area contributed by atoms with Crippen molar-refractivity contribution in [3.8, 4) is 11.4 Å². The van der Waals surface area contributed by atoms with Crippen LogP contribution in [0.4, 0.5) is 0 Å². The summed E-state index contributed by atoms with van der Waals surface area (Å²) in [7, 11) is 0. The molecule has 7 heteroatoms. The molecule has 25 heavy (non-hydrogen) atoms. The lowest BCUT2D eigenvalue weighted by molar-refractivity contribution is -0.120. The molecule has 1 aromatic carbocycles. The maximum Gasteiger partial charge on any atom is 0.252 e. The van der Waals surface area contributed by atoms with E-state index < -0.39 is 11.9 Å². The van der Waals surface area contributed by atoms with E-state index in [4.69, 9.17) is 5.73 Å². The fourth-order valence-electron chi connectivity index (χ4n) is 2.61. The first kappa shape index (κ1) is 16.6. The highest BCUT2D eigenvalue weighted by molar-refractivity contribution is 5.99. The van der Waals surface area contributed by atoms with Gasteiger partial charge in [-0.05, 0) is 36.8 Å². The van der Waals surface area contributed by atoms with E-state index in [-0.39, 0.29) is 5.91 Å². The Morgan fingerprint density at radius 3 is 2.68 bits per heavy atom. The highest BCUT2D eigenvalue weighted by Crippen LogP contribution is 2.20. The number of imidazole rings is 1. The smallest absolute Gasteiger partial charge is 0.252 e. The fraction of sp³-hybridized carbons (Fsp3) is 0.222. The number of primary amides is 1. The van der Waals surface area contributed by atoms with Crippen molar-refractivity contribution < 1.29 is 9.59 Å². The first-order chi connectivity index (χ1) is 12.1. The van der Waals surface area contributed by atoms with Crippen LogP contribution in [0, 0.1) is 0 Å². The standard InChI is InChI=1S/C18H19N5O2/c1-2-3-14(16(19)24)23-18(25)12-4-5-13-15(10-12)22-17(21-13)11-6-8-20-9-7-11/h4-10,14H,2-3H2,1H3,(H2,19,24)(H,21,22)(H,23,25). The maximum atomic E-state index is 12.4. The van der Waals surface area contributed by atoms with Crippen LogP contribution >= 0.6 is 0 Å². The number of pyridine rings is 1. The highest BCUT2D eigenvalue weighted by Gasteiger charge is 2.18. The maximum absolute atomic E-state index is 12.4. The average molecular weight is 337 g/mol. The largest absolute Gasteiger partial charge is 0.368 e. The summed E-state index contributed by atoms with van der Waals surface area (Å²) in [5.74, 6) is -0.159. The zero-order valence-electron chi connectivity index (χ0n) is 13.8. The van der Waals surface area contributed by atoms with E-state index in [0.717, 1.165) is 23.0 Å². The van der Waals surface area contributed by atoms with Crippen molar-refractivity contribution in [1.29, 1.82) is 0 Å². The second kappa shape index (κ2) is 7.12. The molecule has 2 heterocycles. The number of carbonyl (C=O) groups excluding carboxylic acids is 2. The Balaban J connectivity index is 1.85. The second-order valence-electron chi connectivity index (χ2n) is 5.77. The van der Waals surface area contributed by atoms with Crippen LogP contribution in [0.1, 0.15) is 30.1 Å². The molecule has 7 nitrogen and oxygen atoms in total. The van der Waals surface area contributed by atoms with Crippen LogP contribution in [0.2, 0.25) is 0 Å². The Morgan fingerprint density at radius 2 is 2.00 bits per heavy atom. The van der Waals surface area contributed by atoms with Gasteiger partial charge in [-0.15, -0.1) is 0 Å². The third-order valence-corrected chi connectivity index (χ3v) is 3.92. The minimum absolute atomic E-state index is 0.334. The van der Waals surface area contributed by atoms with Crippen LogP contribution in [0.5, 0.6) is 0 Å². The third-order valence-electron chi connectivity index (χ3n) is 3.92. The monoisotopic (exact) mass is 337 g/mol. The molecule has 0 bridgehead atoms. The van der Waals surface area contributed by atoms with Crippen LogP contribution in [-0.4, -0.2) is 32.8 Å². The molecular weight excluding hydrogens is 318 g/mol. The predicted octanol–water partition coefficient (Wildman–Crippen LogP) is 2.01. The first-order valence-electron chi connectivity index (χ1n) is 8.09. The van der Waals surface area contributed by atoms with Gasteiger partial charge in [0.25, 0.3) is 5.91 Å². The van der Waals surface area contributed by atoms with Gasteiger partial charge in [-0.2, -0.15) is 0 Å². The van der Waals surface area contributed by atoms with E-state index in [9.17, 15) is 9.59 Å². The van der Waals surface area contributed by atoms with Gasteiger partial charge in [0.2, 0.25) is 5.91 Å². The van der Waals surface area contributed by atoms with Crippen molar-refractivity contribution >= 4 is 22.8 Å². The number of amides is 2. The van der Waals surface area contributed by atoms with Crippen molar-refractivity contribution in [2.24, 2.45) is 5.73 Å². The van der Waals surface area contributed by atoms with Crippen LogP contribution < -0.4 is 11.1 Å². The number of H-pyrrole nitrogens is 1. The second-order valence-corrected chi connectivity index (χ2v) is 5.77. The van der Waals surface area contributed by atoms with E-state index in [1.54, 1.807) is 30.6 Å². The molecule has 0 saturated heterocycles. The number of nitrogens with two attached hydrogens (primary N) is 1. The summed E-state index contributed by atoms with van der Waals surface area (Å²) in [6.45, 7) is 1.93. The Hall–Kier alpha value is -3.22. The Bertz CT molecular complexity index is 904. The van der Waals surface area contributed by atoms with Gasteiger partial charge in [-0.3, -0.25) is 14.6 Å². The van der Waals surface area contributed by atoms with E-state index in [1.807, 2.05) is 19.1 Å². The molecular formula is C18H19N5O2. The molecule has 0 aliphatic carbocycles. The average Bonchev–Trinajstić information content (AvgIpc) is 3.05.